The molecular weight excluding hydrogens is 411 g/mol. The summed E-state index contributed by atoms with van der Waals surface area (Å²) in [5, 5.41) is 3.10. The molecule has 2 aromatic heterocycles. The van der Waals surface area contributed by atoms with Gasteiger partial charge in [-0.3, -0.25) is 9.36 Å². The van der Waals surface area contributed by atoms with E-state index in [1.807, 2.05) is 54.8 Å². The topological polar surface area (TPSA) is 50.2 Å². The van der Waals surface area contributed by atoms with Crippen molar-refractivity contribution in [3.8, 4) is 5.69 Å². The van der Waals surface area contributed by atoms with Crippen molar-refractivity contribution in [1.82, 2.24) is 14.9 Å². The lowest BCUT2D eigenvalue weighted by molar-refractivity contribution is 0.0942. The first-order chi connectivity index (χ1) is 14.9. The van der Waals surface area contributed by atoms with Crippen LogP contribution in [0.5, 0.6) is 0 Å². The number of benzene rings is 2. The number of amides is 1. The molecule has 0 bridgehead atoms. The highest BCUT2D eigenvalue weighted by Gasteiger charge is 2.20. The van der Waals surface area contributed by atoms with Gasteiger partial charge in [-0.25, -0.2) is 9.37 Å². The summed E-state index contributed by atoms with van der Waals surface area (Å²) in [7, 11) is 3.82. The molecule has 0 unspecified atom stereocenters. The highest BCUT2D eigenvalue weighted by molar-refractivity contribution is 7.20. The zero-order valence-electron chi connectivity index (χ0n) is 17.8. The van der Waals surface area contributed by atoms with Crippen molar-refractivity contribution in [2.75, 3.05) is 19.0 Å². The Morgan fingerprint density at radius 2 is 1.87 bits per heavy atom. The van der Waals surface area contributed by atoms with E-state index >= 15 is 0 Å². The van der Waals surface area contributed by atoms with Crippen molar-refractivity contribution >= 4 is 33.5 Å². The lowest BCUT2D eigenvalue weighted by Crippen LogP contribution is -2.32. The van der Waals surface area contributed by atoms with Gasteiger partial charge in [-0.2, -0.15) is 0 Å². The summed E-state index contributed by atoms with van der Waals surface area (Å²) in [6.07, 6.45) is 1.78. The minimum Gasteiger partial charge on any atom is -0.349 e. The fraction of sp³-hybridized carbons (Fsp3) is 0.250. The molecule has 7 heteroatoms. The zero-order valence-corrected chi connectivity index (χ0v) is 18.6. The number of imidazole rings is 1. The largest absolute Gasteiger partial charge is 0.349 e. The van der Waals surface area contributed by atoms with Gasteiger partial charge in [-0.05, 0) is 55.7 Å². The number of thiophene rings is 1. The summed E-state index contributed by atoms with van der Waals surface area (Å²) in [4.78, 5) is 20.9. The van der Waals surface area contributed by atoms with Crippen LogP contribution in [0.15, 0.2) is 60.7 Å². The molecule has 0 radical (unpaired) electrons. The minimum atomic E-state index is -0.290. The molecule has 0 aliphatic carbocycles. The Labute approximate surface area is 185 Å². The second-order valence-corrected chi connectivity index (χ2v) is 8.85. The Balaban J connectivity index is 1.54. The number of aromatic nitrogens is 2. The SMILES string of the molecule is C[C@H](CCc1ccccc1)NC(=O)c1cc2nc(N(C)C)n(-c3ccc(F)cc3)c2s1. The van der Waals surface area contributed by atoms with Gasteiger partial charge < -0.3 is 10.2 Å². The third-order valence-corrected chi connectivity index (χ3v) is 6.22. The molecule has 4 rings (SSSR count). The average Bonchev–Trinajstić information content (AvgIpc) is 3.32. The average molecular weight is 437 g/mol. The first-order valence-corrected chi connectivity index (χ1v) is 11.0. The molecule has 0 saturated carbocycles. The molecule has 0 fully saturated rings. The predicted molar refractivity (Wildman–Crippen MR) is 125 cm³/mol. The Bertz CT molecular complexity index is 1180. The number of nitrogens with zero attached hydrogens (tertiary/aromatic N) is 3. The molecule has 160 valence electrons. The fourth-order valence-corrected chi connectivity index (χ4v) is 4.51. The maximum atomic E-state index is 13.4. The summed E-state index contributed by atoms with van der Waals surface area (Å²) in [6.45, 7) is 2.02. The van der Waals surface area contributed by atoms with Gasteiger partial charge in [0.05, 0.1) is 10.6 Å². The molecule has 31 heavy (non-hydrogen) atoms. The molecule has 0 saturated heterocycles. The third-order valence-electron chi connectivity index (χ3n) is 5.11. The Kier molecular flexibility index (Phi) is 6.04. The maximum Gasteiger partial charge on any atom is 0.261 e. The van der Waals surface area contributed by atoms with E-state index in [2.05, 4.69) is 17.4 Å². The normalized spacial score (nSPS) is 12.1. The predicted octanol–water partition coefficient (Wildman–Crippen LogP) is 5.04. The van der Waals surface area contributed by atoms with Crippen LogP contribution in [-0.2, 0) is 6.42 Å². The molecule has 2 aromatic carbocycles. The van der Waals surface area contributed by atoms with Crippen LogP contribution in [0.25, 0.3) is 16.0 Å². The molecule has 2 heterocycles. The van der Waals surface area contributed by atoms with E-state index in [4.69, 9.17) is 4.98 Å². The van der Waals surface area contributed by atoms with E-state index in [0.717, 1.165) is 34.8 Å². The summed E-state index contributed by atoms with van der Waals surface area (Å²) in [5.41, 5.74) is 2.82. The number of halogens is 1. The summed E-state index contributed by atoms with van der Waals surface area (Å²) >= 11 is 1.39. The van der Waals surface area contributed by atoms with Crippen LogP contribution in [0.2, 0.25) is 0 Å². The number of carbonyl (C=O) groups excluding carboxylic acids is 1. The van der Waals surface area contributed by atoms with Crippen LogP contribution in [0.3, 0.4) is 0 Å². The quantitative estimate of drug-likeness (QED) is 0.441. The smallest absolute Gasteiger partial charge is 0.261 e. The van der Waals surface area contributed by atoms with Gasteiger partial charge in [0.15, 0.2) is 0 Å². The van der Waals surface area contributed by atoms with E-state index < -0.39 is 0 Å². The van der Waals surface area contributed by atoms with E-state index in [-0.39, 0.29) is 17.8 Å². The molecule has 1 N–H and O–H groups in total. The van der Waals surface area contributed by atoms with Crippen LogP contribution in [0.4, 0.5) is 10.3 Å². The number of hydrogen-bond donors (Lipinski definition) is 1. The van der Waals surface area contributed by atoms with Gasteiger partial charge >= 0.3 is 0 Å². The molecule has 1 atom stereocenters. The van der Waals surface area contributed by atoms with Gasteiger partial charge in [-0.15, -0.1) is 11.3 Å². The first-order valence-electron chi connectivity index (χ1n) is 10.2. The van der Waals surface area contributed by atoms with Crippen molar-refractivity contribution in [3.63, 3.8) is 0 Å². The number of anilines is 1. The van der Waals surface area contributed by atoms with Gasteiger partial charge in [0, 0.05) is 20.1 Å². The molecule has 0 aliphatic rings. The maximum absolute atomic E-state index is 13.4. The number of aryl methyl sites for hydroxylation is 1. The molecule has 0 spiro atoms. The Morgan fingerprint density at radius 1 is 1.16 bits per heavy atom. The van der Waals surface area contributed by atoms with Crippen LogP contribution in [0.1, 0.15) is 28.6 Å². The van der Waals surface area contributed by atoms with Crippen LogP contribution in [0, 0.1) is 5.82 Å². The van der Waals surface area contributed by atoms with Crippen LogP contribution in [-0.4, -0.2) is 35.6 Å². The van der Waals surface area contributed by atoms with Crippen molar-refractivity contribution < 1.29 is 9.18 Å². The number of nitrogens with one attached hydrogen (secondary N) is 1. The van der Waals surface area contributed by atoms with E-state index in [9.17, 15) is 9.18 Å². The number of carbonyl (C=O) groups is 1. The molecule has 1 amide bonds. The minimum absolute atomic E-state index is 0.0543. The monoisotopic (exact) mass is 436 g/mol. The second kappa shape index (κ2) is 8.89. The van der Waals surface area contributed by atoms with E-state index in [0.29, 0.717) is 4.88 Å². The van der Waals surface area contributed by atoms with Crippen molar-refractivity contribution in [3.05, 3.63) is 76.9 Å². The van der Waals surface area contributed by atoms with Crippen molar-refractivity contribution in [2.24, 2.45) is 0 Å². The molecular formula is C24H25FN4OS. The lowest BCUT2D eigenvalue weighted by atomic mass is 10.1. The Hall–Kier alpha value is -3.19. The van der Waals surface area contributed by atoms with Gasteiger partial charge in [0.2, 0.25) is 5.95 Å². The molecule has 0 aliphatic heterocycles. The standard InChI is InChI=1S/C24H25FN4OS/c1-16(9-10-17-7-5-4-6-8-17)26-22(30)21-15-20-23(31-21)29(24(27-20)28(2)3)19-13-11-18(25)12-14-19/h4-8,11-16H,9-10H2,1-3H3,(H,26,30)/t16-/m1/s1. The van der Waals surface area contributed by atoms with E-state index in [1.54, 1.807) is 12.1 Å². The Morgan fingerprint density at radius 3 is 2.55 bits per heavy atom. The lowest BCUT2D eigenvalue weighted by Gasteiger charge is -2.15. The van der Waals surface area contributed by atoms with E-state index in [1.165, 1.54) is 29.0 Å². The summed E-state index contributed by atoms with van der Waals surface area (Å²) < 4.78 is 15.4. The van der Waals surface area contributed by atoms with Crippen LogP contribution >= 0.6 is 11.3 Å². The molecule has 5 nitrogen and oxygen atoms in total. The highest BCUT2D eigenvalue weighted by atomic mass is 32.1. The second-order valence-electron chi connectivity index (χ2n) is 7.82. The van der Waals surface area contributed by atoms with Crippen LogP contribution < -0.4 is 10.2 Å². The van der Waals surface area contributed by atoms with Gasteiger partial charge in [-0.1, -0.05) is 30.3 Å². The zero-order chi connectivity index (χ0) is 22.0. The fourth-order valence-electron chi connectivity index (χ4n) is 3.49. The number of hydrogen-bond acceptors (Lipinski definition) is 4. The summed E-state index contributed by atoms with van der Waals surface area (Å²) in [5.74, 6) is 0.346. The summed E-state index contributed by atoms with van der Waals surface area (Å²) in [6, 6.07) is 18.4. The van der Waals surface area contributed by atoms with Gasteiger partial charge in [0.25, 0.3) is 5.91 Å². The van der Waals surface area contributed by atoms with Crippen molar-refractivity contribution in [2.45, 2.75) is 25.8 Å². The molecule has 4 aromatic rings. The third kappa shape index (κ3) is 4.61. The number of rotatable bonds is 7. The highest BCUT2D eigenvalue weighted by Crippen LogP contribution is 2.32. The first kappa shape index (κ1) is 21.1. The van der Waals surface area contributed by atoms with Gasteiger partial charge in [0.1, 0.15) is 16.2 Å². The van der Waals surface area contributed by atoms with Crippen molar-refractivity contribution in [1.29, 1.82) is 0 Å². The number of fused-ring (bicyclic) bond motifs is 1.